The molecule has 2 N–H and O–H groups in total. The summed E-state index contributed by atoms with van der Waals surface area (Å²) >= 11 is 0. The standard InChI is InChI=1S/C20H29N5O/c1-3-21-19(22-14-11-18-24-16(2)25-26-18)23-15-20(12-7-8-13-20)17-9-5-4-6-10-17/h4-6,9-10H,3,7-8,11-15H2,1-2H3,(H2,21,22,23). The third-order valence-corrected chi connectivity index (χ3v) is 5.03. The van der Waals surface area contributed by atoms with Crippen molar-refractivity contribution in [3.05, 3.63) is 47.6 Å². The van der Waals surface area contributed by atoms with E-state index in [1.807, 2.05) is 6.92 Å². The number of hydrogen-bond donors (Lipinski definition) is 2. The number of benzene rings is 1. The lowest BCUT2D eigenvalue weighted by Gasteiger charge is -2.28. The monoisotopic (exact) mass is 355 g/mol. The van der Waals surface area contributed by atoms with E-state index >= 15 is 0 Å². The van der Waals surface area contributed by atoms with Gasteiger partial charge in [-0.2, -0.15) is 4.98 Å². The molecule has 140 valence electrons. The summed E-state index contributed by atoms with van der Waals surface area (Å²) in [5.41, 5.74) is 1.59. The molecular formula is C20H29N5O. The van der Waals surface area contributed by atoms with Crippen molar-refractivity contribution in [1.82, 2.24) is 20.8 Å². The first-order valence-corrected chi connectivity index (χ1v) is 9.59. The Labute approximate surface area is 155 Å². The first-order valence-electron chi connectivity index (χ1n) is 9.59. The van der Waals surface area contributed by atoms with Crippen LogP contribution in [0.2, 0.25) is 0 Å². The second-order valence-electron chi connectivity index (χ2n) is 6.96. The minimum Gasteiger partial charge on any atom is -0.357 e. The molecule has 6 heteroatoms. The van der Waals surface area contributed by atoms with E-state index in [0.717, 1.165) is 19.0 Å². The Morgan fingerprint density at radius 2 is 1.96 bits per heavy atom. The Morgan fingerprint density at radius 1 is 1.19 bits per heavy atom. The summed E-state index contributed by atoms with van der Waals surface area (Å²) < 4.78 is 5.16. The molecule has 3 rings (SSSR count). The number of guanidine groups is 1. The molecule has 2 aromatic rings. The lowest BCUT2D eigenvalue weighted by molar-refractivity contribution is 0.374. The van der Waals surface area contributed by atoms with Crippen LogP contribution >= 0.6 is 0 Å². The van der Waals surface area contributed by atoms with Crippen molar-refractivity contribution < 1.29 is 4.52 Å². The molecule has 0 spiro atoms. The highest BCUT2D eigenvalue weighted by molar-refractivity contribution is 5.79. The van der Waals surface area contributed by atoms with Gasteiger partial charge in [-0.25, -0.2) is 0 Å². The minimum atomic E-state index is 0.174. The summed E-state index contributed by atoms with van der Waals surface area (Å²) in [5.74, 6) is 2.18. The first kappa shape index (κ1) is 18.4. The van der Waals surface area contributed by atoms with Crippen molar-refractivity contribution in [3.63, 3.8) is 0 Å². The van der Waals surface area contributed by atoms with Crippen LogP contribution < -0.4 is 10.6 Å². The van der Waals surface area contributed by atoms with Crippen molar-refractivity contribution in [3.8, 4) is 0 Å². The number of aliphatic imine (C=N–C) groups is 1. The zero-order valence-corrected chi connectivity index (χ0v) is 15.8. The van der Waals surface area contributed by atoms with Gasteiger partial charge in [-0.3, -0.25) is 4.99 Å². The maximum Gasteiger partial charge on any atom is 0.228 e. The van der Waals surface area contributed by atoms with Crippen LogP contribution in [-0.4, -0.2) is 35.7 Å². The SMILES string of the molecule is CCNC(=NCC1(c2ccccc2)CCCC1)NCCc1nc(C)no1. The van der Waals surface area contributed by atoms with E-state index in [2.05, 4.69) is 58.0 Å². The number of hydrogen-bond acceptors (Lipinski definition) is 4. The first-order chi connectivity index (χ1) is 12.7. The molecule has 1 aliphatic rings. The van der Waals surface area contributed by atoms with Crippen LogP contribution in [0.25, 0.3) is 0 Å². The normalized spacial score (nSPS) is 16.6. The second kappa shape index (κ2) is 8.83. The lowest BCUT2D eigenvalue weighted by atomic mass is 9.79. The van der Waals surface area contributed by atoms with Gasteiger partial charge in [0.25, 0.3) is 0 Å². The van der Waals surface area contributed by atoms with Crippen LogP contribution in [0.3, 0.4) is 0 Å². The van der Waals surface area contributed by atoms with Crippen LogP contribution in [0.4, 0.5) is 0 Å². The highest BCUT2D eigenvalue weighted by Crippen LogP contribution is 2.41. The number of aryl methyl sites for hydroxylation is 1. The summed E-state index contributed by atoms with van der Waals surface area (Å²) in [6, 6.07) is 10.8. The lowest BCUT2D eigenvalue weighted by Crippen LogP contribution is -2.39. The van der Waals surface area contributed by atoms with Crippen molar-refractivity contribution in [2.24, 2.45) is 4.99 Å². The Morgan fingerprint density at radius 3 is 2.62 bits per heavy atom. The van der Waals surface area contributed by atoms with Gasteiger partial charge in [0.05, 0.1) is 6.54 Å². The Kier molecular flexibility index (Phi) is 6.26. The van der Waals surface area contributed by atoms with Gasteiger partial charge in [0, 0.05) is 24.9 Å². The van der Waals surface area contributed by atoms with E-state index in [0.29, 0.717) is 24.7 Å². The third kappa shape index (κ3) is 4.62. The molecule has 6 nitrogen and oxygen atoms in total. The smallest absolute Gasteiger partial charge is 0.228 e. The van der Waals surface area contributed by atoms with E-state index in [4.69, 9.17) is 9.52 Å². The van der Waals surface area contributed by atoms with Gasteiger partial charge >= 0.3 is 0 Å². The molecule has 0 bridgehead atoms. The average Bonchev–Trinajstić information content (AvgIpc) is 3.30. The molecule has 0 aliphatic heterocycles. The maximum absolute atomic E-state index is 5.16. The summed E-state index contributed by atoms with van der Waals surface area (Å²) in [6.45, 7) is 6.28. The van der Waals surface area contributed by atoms with Crippen LogP contribution in [0.5, 0.6) is 0 Å². The summed E-state index contributed by atoms with van der Waals surface area (Å²) in [4.78, 5) is 9.14. The fourth-order valence-electron chi connectivity index (χ4n) is 3.68. The van der Waals surface area contributed by atoms with Gasteiger partial charge in [-0.05, 0) is 32.3 Å². The molecule has 0 atom stereocenters. The van der Waals surface area contributed by atoms with Crippen molar-refractivity contribution in [1.29, 1.82) is 0 Å². The van der Waals surface area contributed by atoms with Gasteiger partial charge < -0.3 is 15.2 Å². The molecule has 1 aromatic carbocycles. The highest BCUT2D eigenvalue weighted by Gasteiger charge is 2.35. The second-order valence-corrected chi connectivity index (χ2v) is 6.96. The number of nitrogens with one attached hydrogen (secondary N) is 2. The number of rotatable bonds is 7. The molecule has 1 aliphatic carbocycles. The van der Waals surface area contributed by atoms with Crippen LogP contribution in [0.15, 0.2) is 39.8 Å². The zero-order chi connectivity index (χ0) is 18.2. The fourth-order valence-corrected chi connectivity index (χ4v) is 3.68. The molecule has 26 heavy (non-hydrogen) atoms. The van der Waals surface area contributed by atoms with E-state index in [1.54, 1.807) is 0 Å². The van der Waals surface area contributed by atoms with Crippen molar-refractivity contribution in [2.75, 3.05) is 19.6 Å². The number of nitrogens with zero attached hydrogens (tertiary/aromatic N) is 3. The van der Waals surface area contributed by atoms with E-state index in [-0.39, 0.29) is 5.41 Å². The molecule has 0 unspecified atom stereocenters. The molecular weight excluding hydrogens is 326 g/mol. The quantitative estimate of drug-likeness (QED) is 0.590. The van der Waals surface area contributed by atoms with Gasteiger partial charge in [0.2, 0.25) is 5.89 Å². The van der Waals surface area contributed by atoms with Gasteiger partial charge in [-0.15, -0.1) is 0 Å². The van der Waals surface area contributed by atoms with Gasteiger partial charge in [0.15, 0.2) is 11.8 Å². The van der Waals surface area contributed by atoms with E-state index in [9.17, 15) is 0 Å². The molecule has 1 fully saturated rings. The summed E-state index contributed by atoms with van der Waals surface area (Å²) in [5, 5.41) is 10.5. The predicted octanol–water partition coefficient (Wildman–Crippen LogP) is 2.99. The summed E-state index contributed by atoms with van der Waals surface area (Å²) in [6.07, 6.45) is 5.67. The zero-order valence-electron chi connectivity index (χ0n) is 15.8. The van der Waals surface area contributed by atoms with Crippen molar-refractivity contribution >= 4 is 5.96 Å². The van der Waals surface area contributed by atoms with Crippen molar-refractivity contribution in [2.45, 2.75) is 51.4 Å². The predicted molar refractivity (Wildman–Crippen MR) is 103 cm³/mol. The molecule has 1 heterocycles. The van der Waals surface area contributed by atoms with Crippen LogP contribution in [0.1, 0.15) is 49.9 Å². The fraction of sp³-hybridized carbons (Fsp3) is 0.550. The van der Waals surface area contributed by atoms with Crippen LogP contribution in [-0.2, 0) is 11.8 Å². The molecule has 0 amide bonds. The topological polar surface area (TPSA) is 75.3 Å². The van der Waals surface area contributed by atoms with Gasteiger partial charge in [0.1, 0.15) is 0 Å². The van der Waals surface area contributed by atoms with Gasteiger partial charge in [-0.1, -0.05) is 48.3 Å². The maximum atomic E-state index is 5.16. The molecule has 0 radical (unpaired) electrons. The molecule has 1 aromatic heterocycles. The van der Waals surface area contributed by atoms with E-state index < -0.39 is 0 Å². The average molecular weight is 355 g/mol. The van der Waals surface area contributed by atoms with Crippen LogP contribution in [0, 0.1) is 6.92 Å². The largest absolute Gasteiger partial charge is 0.357 e. The minimum absolute atomic E-state index is 0.174. The third-order valence-electron chi connectivity index (χ3n) is 5.03. The summed E-state index contributed by atoms with van der Waals surface area (Å²) in [7, 11) is 0. The Hall–Kier alpha value is -2.37. The number of aromatic nitrogens is 2. The highest BCUT2D eigenvalue weighted by atomic mass is 16.5. The Bertz CT molecular complexity index is 704. The molecule has 1 saturated carbocycles. The van der Waals surface area contributed by atoms with E-state index in [1.165, 1.54) is 31.2 Å². The Balaban J connectivity index is 1.63. The molecule has 0 saturated heterocycles.